The van der Waals surface area contributed by atoms with E-state index in [1.165, 1.54) is 7.11 Å². The number of aromatic nitrogens is 2. The van der Waals surface area contributed by atoms with Crippen LogP contribution in [0.5, 0.6) is 0 Å². The molecule has 0 saturated heterocycles. The average Bonchev–Trinajstić information content (AvgIpc) is 3.28. The first kappa shape index (κ1) is 17.3. The molecule has 134 valence electrons. The average molecular weight is 391 g/mol. The second kappa shape index (κ2) is 6.27. The quantitative estimate of drug-likeness (QED) is 0.679. The van der Waals surface area contributed by atoms with Crippen LogP contribution in [0.25, 0.3) is 11.0 Å². The Hall–Kier alpha value is -2.08. The van der Waals surface area contributed by atoms with E-state index in [2.05, 4.69) is 4.98 Å². The van der Waals surface area contributed by atoms with Crippen LogP contribution in [0.15, 0.2) is 36.4 Å². The van der Waals surface area contributed by atoms with E-state index >= 15 is 0 Å². The van der Waals surface area contributed by atoms with Gasteiger partial charge in [0.05, 0.1) is 33.8 Å². The predicted molar refractivity (Wildman–Crippen MR) is 99.8 cm³/mol. The molecule has 0 radical (unpaired) electrons. The molecule has 1 aromatic heterocycles. The van der Waals surface area contributed by atoms with Gasteiger partial charge in [-0.05, 0) is 48.7 Å². The highest BCUT2D eigenvalue weighted by atomic mass is 35.5. The lowest BCUT2D eigenvalue weighted by molar-refractivity contribution is 0.0601. The maximum atomic E-state index is 11.8. The van der Waals surface area contributed by atoms with Gasteiger partial charge in [-0.25, -0.2) is 9.78 Å². The van der Waals surface area contributed by atoms with Crippen LogP contribution in [0.1, 0.15) is 34.6 Å². The van der Waals surface area contributed by atoms with E-state index in [0.717, 1.165) is 11.1 Å². The van der Waals surface area contributed by atoms with Crippen LogP contribution in [-0.2, 0) is 16.9 Å². The summed E-state index contributed by atoms with van der Waals surface area (Å²) in [5.74, 6) is 0.179. The Kier molecular flexibility index (Phi) is 4.18. The molecule has 0 aliphatic heterocycles. The smallest absolute Gasteiger partial charge is 0.337 e. The van der Waals surface area contributed by atoms with Gasteiger partial charge in [0.1, 0.15) is 11.4 Å². The number of rotatable bonds is 4. The van der Waals surface area contributed by atoms with Gasteiger partial charge in [0, 0.05) is 6.54 Å². The first-order valence-electron chi connectivity index (χ1n) is 8.17. The van der Waals surface area contributed by atoms with E-state index in [9.17, 15) is 9.90 Å². The molecular weight excluding hydrogens is 375 g/mol. The van der Waals surface area contributed by atoms with E-state index in [1.807, 2.05) is 16.7 Å². The minimum atomic E-state index is -0.916. The molecular formula is C19H16Cl2N2O3. The number of hydrogen-bond acceptors (Lipinski definition) is 4. The Balaban J connectivity index is 1.83. The first-order chi connectivity index (χ1) is 12.4. The number of carbonyl (C=O) groups excluding carboxylic acids is 1. The molecule has 26 heavy (non-hydrogen) atoms. The van der Waals surface area contributed by atoms with Crippen molar-refractivity contribution in [3.8, 4) is 0 Å². The van der Waals surface area contributed by atoms with Crippen LogP contribution >= 0.6 is 23.2 Å². The molecule has 3 aromatic rings. The van der Waals surface area contributed by atoms with Crippen molar-refractivity contribution in [3.05, 3.63) is 63.4 Å². The molecule has 1 saturated carbocycles. The van der Waals surface area contributed by atoms with Gasteiger partial charge in [0.2, 0.25) is 0 Å². The zero-order valence-electron chi connectivity index (χ0n) is 14.0. The highest BCUT2D eigenvalue weighted by Gasteiger charge is 2.46. The van der Waals surface area contributed by atoms with Crippen molar-refractivity contribution < 1.29 is 14.6 Å². The second-order valence-corrected chi connectivity index (χ2v) is 7.31. The zero-order chi connectivity index (χ0) is 18.5. The van der Waals surface area contributed by atoms with Crippen molar-refractivity contribution in [2.24, 2.45) is 0 Å². The van der Waals surface area contributed by atoms with Crippen molar-refractivity contribution >= 4 is 40.2 Å². The third kappa shape index (κ3) is 2.96. The molecule has 1 aliphatic rings. The molecule has 1 heterocycles. The fourth-order valence-corrected chi connectivity index (χ4v) is 3.37. The minimum absolute atomic E-state index is 0.419. The van der Waals surface area contributed by atoms with Crippen LogP contribution in [0.4, 0.5) is 0 Å². The van der Waals surface area contributed by atoms with E-state index < -0.39 is 11.6 Å². The van der Waals surface area contributed by atoms with Crippen LogP contribution in [0.3, 0.4) is 0 Å². The number of nitrogens with zero attached hydrogens (tertiary/aromatic N) is 2. The summed E-state index contributed by atoms with van der Waals surface area (Å²) in [7, 11) is 1.34. The van der Waals surface area contributed by atoms with E-state index in [-0.39, 0.29) is 0 Å². The monoisotopic (exact) mass is 390 g/mol. The fourth-order valence-electron chi connectivity index (χ4n) is 3.05. The summed E-state index contributed by atoms with van der Waals surface area (Å²) in [5.41, 5.74) is 1.93. The Bertz CT molecular complexity index is 1030. The topological polar surface area (TPSA) is 64.3 Å². The summed E-state index contributed by atoms with van der Waals surface area (Å²) in [6.45, 7) is 0.489. The van der Waals surface area contributed by atoms with Crippen LogP contribution < -0.4 is 0 Å². The Labute approximate surface area is 160 Å². The number of imidazole rings is 1. The lowest BCUT2D eigenvalue weighted by Crippen LogP contribution is -2.15. The molecule has 0 spiro atoms. The lowest BCUT2D eigenvalue weighted by Gasteiger charge is -2.13. The number of ether oxygens (including phenoxy) is 1. The van der Waals surface area contributed by atoms with Gasteiger partial charge < -0.3 is 14.4 Å². The number of aliphatic hydroxyl groups is 1. The molecule has 0 bridgehead atoms. The summed E-state index contributed by atoms with van der Waals surface area (Å²) < 4.78 is 6.73. The highest BCUT2D eigenvalue weighted by molar-refractivity contribution is 6.42. The Morgan fingerprint density at radius 1 is 1.23 bits per heavy atom. The number of fused-ring (bicyclic) bond motifs is 1. The minimum Gasteiger partial charge on any atom is -0.465 e. The molecule has 1 fully saturated rings. The van der Waals surface area contributed by atoms with E-state index in [0.29, 0.717) is 46.3 Å². The molecule has 0 amide bonds. The first-order valence-corrected chi connectivity index (χ1v) is 8.92. The van der Waals surface area contributed by atoms with Gasteiger partial charge >= 0.3 is 5.97 Å². The normalized spacial score (nSPS) is 15.2. The van der Waals surface area contributed by atoms with Crippen molar-refractivity contribution in [3.63, 3.8) is 0 Å². The van der Waals surface area contributed by atoms with Crippen LogP contribution in [0.2, 0.25) is 10.0 Å². The number of hydrogen-bond donors (Lipinski definition) is 1. The molecule has 0 atom stereocenters. The van der Waals surface area contributed by atoms with Crippen molar-refractivity contribution in [1.29, 1.82) is 0 Å². The van der Waals surface area contributed by atoms with Gasteiger partial charge in [-0.2, -0.15) is 0 Å². The summed E-state index contributed by atoms with van der Waals surface area (Å²) in [6, 6.07) is 10.6. The van der Waals surface area contributed by atoms with Crippen LogP contribution in [-0.4, -0.2) is 27.7 Å². The largest absolute Gasteiger partial charge is 0.465 e. The van der Waals surface area contributed by atoms with Gasteiger partial charge in [-0.1, -0.05) is 29.3 Å². The zero-order valence-corrected chi connectivity index (χ0v) is 15.5. The van der Waals surface area contributed by atoms with Gasteiger partial charge in [0.15, 0.2) is 0 Å². The predicted octanol–water partition coefficient (Wildman–Crippen LogP) is 4.16. The maximum absolute atomic E-state index is 11.8. The van der Waals surface area contributed by atoms with Crippen molar-refractivity contribution in [2.45, 2.75) is 25.0 Å². The molecule has 7 heteroatoms. The van der Waals surface area contributed by atoms with E-state index in [1.54, 1.807) is 24.3 Å². The number of halogens is 2. The number of esters is 1. The summed E-state index contributed by atoms with van der Waals surface area (Å²) in [6.07, 6.45) is 1.34. The van der Waals surface area contributed by atoms with Gasteiger partial charge in [0.25, 0.3) is 0 Å². The number of methoxy groups -OCH3 is 1. The third-order valence-corrected chi connectivity index (χ3v) is 5.37. The summed E-state index contributed by atoms with van der Waals surface area (Å²) in [5, 5.41) is 11.6. The van der Waals surface area contributed by atoms with Crippen LogP contribution in [0, 0.1) is 0 Å². The van der Waals surface area contributed by atoms with Gasteiger partial charge in [-0.3, -0.25) is 0 Å². The Morgan fingerprint density at radius 2 is 2.00 bits per heavy atom. The maximum Gasteiger partial charge on any atom is 0.337 e. The summed E-state index contributed by atoms with van der Waals surface area (Å²) in [4.78, 5) is 16.4. The van der Waals surface area contributed by atoms with E-state index in [4.69, 9.17) is 27.9 Å². The molecule has 1 aliphatic carbocycles. The molecule has 4 rings (SSSR count). The Morgan fingerprint density at radius 3 is 2.65 bits per heavy atom. The van der Waals surface area contributed by atoms with Crippen molar-refractivity contribution in [2.75, 3.05) is 7.11 Å². The van der Waals surface area contributed by atoms with Gasteiger partial charge in [-0.15, -0.1) is 0 Å². The third-order valence-electron chi connectivity index (χ3n) is 4.63. The second-order valence-electron chi connectivity index (χ2n) is 6.50. The SMILES string of the molecule is COC(=O)c1ccc2c(c1)nc(C1(O)CC1)n2Cc1ccc(Cl)c(Cl)c1. The summed E-state index contributed by atoms with van der Waals surface area (Å²) >= 11 is 12.1. The molecule has 2 aromatic carbocycles. The lowest BCUT2D eigenvalue weighted by atomic mass is 10.2. The molecule has 0 unspecified atom stereocenters. The van der Waals surface area contributed by atoms with Crippen molar-refractivity contribution in [1.82, 2.24) is 9.55 Å². The molecule has 5 nitrogen and oxygen atoms in total. The fraction of sp³-hybridized carbons (Fsp3) is 0.263. The number of carbonyl (C=O) groups is 1. The number of benzene rings is 2. The molecule has 1 N–H and O–H groups in total. The highest BCUT2D eigenvalue weighted by Crippen LogP contribution is 2.45. The standard InChI is InChI=1S/C19H16Cl2N2O3/c1-26-17(24)12-3-5-16-15(9-12)22-18(19(25)6-7-19)23(16)10-11-2-4-13(20)14(21)8-11/h2-5,8-9,25H,6-7,10H2,1H3.